The van der Waals surface area contributed by atoms with Crippen molar-refractivity contribution in [3.05, 3.63) is 12.2 Å². The molecule has 0 bridgehead atoms. The molecule has 0 unspecified atom stereocenters. The van der Waals surface area contributed by atoms with Gasteiger partial charge in [0, 0.05) is 5.41 Å². The van der Waals surface area contributed by atoms with Crippen LogP contribution in [0, 0.1) is 11.3 Å². The van der Waals surface area contributed by atoms with Gasteiger partial charge in [0.2, 0.25) is 0 Å². The Hall–Kier alpha value is -0.300. The molecule has 0 amide bonds. The van der Waals surface area contributed by atoms with Crippen molar-refractivity contribution in [3.63, 3.8) is 0 Å². The smallest absolute Gasteiger partial charge is 0.0656 e. The van der Waals surface area contributed by atoms with E-state index in [1.165, 1.54) is 12.8 Å². The van der Waals surface area contributed by atoms with Gasteiger partial charge in [0.25, 0.3) is 0 Å². The zero-order valence-corrected chi connectivity index (χ0v) is 9.79. The van der Waals surface area contributed by atoms with Gasteiger partial charge < -0.3 is 5.11 Å². The molecule has 1 aliphatic rings. The summed E-state index contributed by atoms with van der Waals surface area (Å²) in [6.07, 6.45) is 10.0. The SMILES string of the molecule is CCC(CC)[C@@H](O)[C@@]1(C)C=CCCC1. The van der Waals surface area contributed by atoms with Gasteiger partial charge in [-0.2, -0.15) is 0 Å². The van der Waals surface area contributed by atoms with E-state index in [-0.39, 0.29) is 11.5 Å². The molecule has 1 heteroatoms. The molecule has 1 nitrogen and oxygen atoms in total. The van der Waals surface area contributed by atoms with Gasteiger partial charge in [-0.1, -0.05) is 45.8 Å². The second-order valence-electron chi connectivity index (χ2n) is 4.82. The van der Waals surface area contributed by atoms with Crippen molar-refractivity contribution in [1.29, 1.82) is 0 Å². The fourth-order valence-electron chi connectivity index (χ4n) is 2.56. The zero-order valence-electron chi connectivity index (χ0n) is 9.79. The molecule has 0 aromatic heterocycles. The standard InChI is InChI=1S/C13H24O/c1-4-11(5-2)12(14)13(3)9-7-6-8-10-13/h7,9,11-12,14H,4-6,8,10H2,1-3H3/t12-,13+/m1/s1. The van der Waals surface area contributed by atoms with E-state index in [4.69, 9.17) is 0 Å². The van der Waals surface area contributed by atoms with E-state index in [0.29, 0.717) is 5.92 Å². The summed E-state index contributed by atoms with van der Waals surface area (Å²) in [6.45, 7) is 6.55. The fourth-order valence-corrected chi connectivity index (χ4v) is 2.56. The highest BCUT2D eigenvalue weighted by molar-refractivity contribution is 5.05. The molecule has 1 aliphatic carbocycles. The van der Waals surface area contributed by atoms with E-state index >= 15 is 0 Å². The lowest BCUT2D eigenvalue weighted by Gasteiger charge is -2.38. The topological polar surface area (TPSA) is 20.2 Å². The third-order valence-corrected chi connectivity index (χ3v) is 3.76. The van der Waals surface area contributed by atoms with Crippen LogP contribution in [0.15, 0.2) is 12.2 Å². The first-order valence-electron chi connectivity index (χ1n) is 5.99. The minimum atomic E-state index is -0.158. The number of hydrogen-bond acceptors (Lipinski definition) is 1. The minimum Gasteiger partial charge on any atom is -0.392 e. The van der Waals surface area contributed by atoms with E-state index in [2.05, 4.69) is 32.9 Å². The molecular weight excluding hydrogens is 172 g/mol. The van der Waals surface area contributed by atoms with Crippen LogP contribution in [0.25, 0.3) is 0 Å². The fraction of sp³-hybridized carbons (Fsp3) is 0.846. The average molecular weight is 196 g/mol. The van der Waals surface area contributed by atoms with Gasteiger partial charge in [-0.15, -0.1) is 0 Å². The highest BCUT2D eigenvalue weighted by atomic mass is 16.3. The molecule has 0 aromatic carbocycles. The predicted molar refractivity (Wildman–Crippen MR) is 61.2 cm³/mol. The van der Waals surface area contributed by atoms with Crippen molar-refractivity contribution in [1.82, 2.24) is 0 Å². The Morgan fingerprint density at radius 2 is 2.00 bits per heavy atom. The highest BCUT2D eigenvalue weighted by Crippen LogP contribution is 2.38. The maximum Gasteiger partial charge on any atom is 0.0656 e. The molecule has 2 atom stereocenters. The predicted octanol–water partition coefficient (Wildman–Crippen LogP) is 3.53. The molecule has 0 aromatic rings. The number of aliphatic hydroxyl groups excluding tert-OH is 1. The van der Waals surface area contributed by atoms with Gasteiger partial charge in [-0.05, 0) is 25.2 Å². The van der Waals surface area contributed by atoms with Crippen LogP contribution in [0.1, 0.15) is 52.9 Å². The van der Waals surface area contributed by atoms with Crippen molar-refractivity contribution in [2.75, 3.05) is 0 Å². The van der Waals surface area contributed by atoms with Crippen LogP contribution >= 0.6 is 0 Å². The molecule has 82 valence electrons. The highest BCUT2D eigenvalue weighted by Gasteiger charge is 2.35. The minimum absolute atomic E-state index is 0.0366. The Labute approximate surface area is 88.2 Å². The van der Waals surface area contributed by atoms with E-state index in [0.717, 1.165) is 19.3 Å². The Morgan fingerprint density at radius 1 is 1.36 bits per heavy atom. The van der Waals surface area contributed by atoms with Crippen LogP contribution in [0.4, 0.5) is 0 Å². The van der Waals surface area contributed by atoms with Crippen molar-refractivity contribution in [3.8, 4) is 0 Å². The van der Waals surface area contributed by atoms with Gasteiger partial charge in [0.05, 0.1) is 6.10 Å². The van der Waals surface area contributed by atoms with Crippen molar-refractivity contribution >= 4 is 0 Å². The van der Waals surface area contributed by atoms with Gasteiger partial charge in [-0.25, -0.2) is 0 Å². The first-order chi connectivity index (χ1) is 6.64. The number of hydrogen-bond donors (Lipinski definition) is 1. The first-order valence-corrected chi connectivity index (χ1v) is 5.99. The first kappa shape index (κ1) is 11.8. The molecular formula is C13H24O. The van der Waals surface area contributed by atoms with Gasteiger partial charge in [-0.3, -0.25) is 0 Å². The maximum atomic E-state index is 10.3. The molecule has 0 saturated carbocycles. The summed E-state index contributed by atoms with van der Waals surface area (Å²) in [5.41, 5.74) is 0.0366. The largest absolute Gasteiger partial charge is 0.392 e. The summed E-state index contributed by atoms with van der Waals surface area (Å²) in [7, 11) is 0. The van der Waals surface area contributed by atoms with Crippen molar-refractivity contribution < 1.29 is 5.11 Å². The Kier molecular flexibility index (Phi) is 4.18. The molecule has 14 heavy (non-hydrogen) atoms. The summed E-state index contributed by atoms with van der Waals surface area (Å²) < 4.78 is 0. The number of allylic oxidation sites excluding steroid dienone is 1. The maximum absolute atomic E-state index is 10.3. The van der Waals surface area contributed by atoms with E-state index < -0.39 is 0 Å². The summed E-state index contributed by atoms with van der Waals surface area (Å²) in [5.74, 6) is 0.461. The third-order valence-electron chi connectivity index (χ3n) is 3.76. The Balaban J connectivity index is 2.69. The lowest BCUT2D eigenvalue weighted by Crippen LogP contribution is -2.37. The average Bonchev–Trinajstić information content (AvgIpc) is 2.20. The van der Waals surface area contributed by atoms with Crippen LogP contribution in [0.3, 0.4) is 0 Å². The van der Waals surface area contributed by atoms with E-state index in [1.54, 1.807) is 0 Å². The summed E-state index contributed by atoms with van der Waals surface area (Å²) in [4.78, 5) is 0. The van der Waals surface area contributed by atoms with Crippen LogP contribution in [-0.2, 0) is 0 Å². The van der Waals surface area contributed by atoms with Crippen LogP contribution in [0.2, 0.25) is 0 Å². The molecule has 0 saturated heterocycles. The lowest BCUT2D eigenvalue weighted by molar-refractivity contribution is 0.00722. The van der Waals surface area contributed by atoms with Crippen LogP contribution < -0.4 is 0 Å². The van der Waals surface area contributed by atoms with Crippen molar-refractivity contribution in [2.45, 2.75) is 59.0 Å². The van der Waals surface area contributed by atoms with Gasteiger partial charge >= 0.3 is 0 Å². The van der Waals surface area contributed by atoms with E-state index in [9.17, 15) is 5.11 Å². The van der Waals surface area contributed by atoms with Crippen LogP contribution in [-0.4, -0.2) is 11.2 Å². The normalized spacial score (nSPS) is 29.5. The third kappa shape index (κ3) is 2.38. The Morgan fingerprint density at radius 3 is 2.43 bits per heavy atom. The second kappa shape index (κ2) is 4.97. The zero-order chi connectivity index (χ0) is 10.6. The molecule has 0 heterocycles. The van der Waals surface area contributed by atoms with E-state index in [1.807, 2.05) is 0 Å². The number of aliphatic hydroxyl groups is 1. The van der Waals surface area contributed by atoms with Gasteiger partial charge in [0.1, 0.15) is 0 Å². The molecule has 0 spiro atoms. The van der Waals surface area contributed by atoms with Crippen LogP contribution in [0.5, 0.6) is 0 Å². The lowest BCUT2D eigenvalue weighted by atomic mass is 9.71. The summed E-state index contributed by atoms with van der Waals surface area (Å²) in [6, 6.07) is 0. The Bertz CT molecular complexity index is 193. The summed E-state index contributed by atoms with van der Waals surface area (Å²) >= 11 is 0. The molecule has 0 aliphatic heterocycles. The van der Waals surface area contributed by atoms with Crippen molar-refractivity contribution in [2.24, 2.45) is 11.3 Å². The molecule has 0 radical (unpaired) electrons. The second-order valence-corrected chi connectivity index (χ2v) is 4.82. The van der Waals surface area contributed by atoms with Gasteiger partial charge in [0.15, 0.2) is 0 Å². The quantitative estimate of drug-likeness (QED) is 0.682. The molecule has 1 rings (SSSR count). The monoisotopic (exact) mass is 196 g/mol. The molecule has 0 fully saturated rings. The molecule has 1 N–H and O–H groups in total. The number of rotatable bonds is 4. The summed E-state index contributed by atoms with van der Waals surface area (Å²) in [5, 5.41) is 10.3.